The van der Waals surface area contributed by atoms with Gasteiger partial charge in [-0.2, -0.15) is 0 Å². The van der Waals surface area contributed by atoms with E-state index in [1.807, 2.05) is 6.07 Å². The minimum absolute atomic E-state index is 0.0609. The molecule has 0 unspecified atom stereocenters. The quantitative estimate of drug-likeness (QED) is 0.765. The van der Waals surface area contributed by atoms with Gasteiger partial charge in [-0.15, -0.1) is 0 Å². The Morgan fingerprint density at radius 2 is 2.12 bits per heavy atom. The first-order chi connectivity index (χ1) is 12.3. The summed E-state index contributed by atoms with van der Waals surface area (Å²) in [5, 5.41) is 2.88. The summed E-state index contributed by atoms with van der Waals surface area (Å²) in [4.78, 5) is 27.7. The van der Waals surface area contributed by atoms with E-state index in [4.69, 9.17) is 4.98 Å². The summed E-state index contributed by atoms with van der Waals surface area (Å²) >= 11 is 0. The number of hydrogen-bond acceptors (Lipinski definition) is 4. The second-order valence-corrected chi connectivity index (χ2v) is 7.12. The molecule has 3 aromatic rings. The smallest absolute Gasteiger partial charge is 0.272 e. The van der Waals surface area contributed by atoms with Crippen molar-refractivity contribution >= 4 is 5.65 Å². The average Bonchev–Trinajstić information content (AvgIpc) is 3.33. The summed E-state index contributed by atoms with van der Waals surface area (Å²) in [6.07, 6.45) is 8.72. The number of fused-ring (bicyclic) bond motifs is 2. The molecule has 1 saturated heterocycles. The monoisotopic (exact) mass is 338 g/mol. The molecule has 3 aromatic heterocycles. The molecule has 0 amide bonds. The van der Waals surface area contributed by atoms with Crippen molar-refractivity contribution in [2.24, 2.45) is 0 Å². The van der Waals surface area contributed by atoms with Crippen molar-refractivity contribution in [1.82, 2.24) is 29.5 Å². The minimum Gasteiger partial charge on any atom is -0.344 e. The lowest BCUT2D eigenvalue weighted by atomic mass is 10.0. The number of nitrogens with zero attached hydrogens (tertiary/aromatic N) is 4. The van der Waals surface area contributed by atoms with Crippen molar-refractivity contribution in [3.8, 4) is 0 Å². The van der Waals surface area contributed by atoms with E-state index in [-0.39, 0.29) is 5.56 Å². The van der Waals surface area contributed by atoms with Gasteiger partial charge in [-0.1, -0.05) is 0 Å². The highest BCUT2D eigenvalue weighted by molar-refractivity contribution is 5.36. The zero-order chi connectivity index (χ0) is 16.8. The standard InChI is InChI=1S/C18H22N6O/c25-17-10-12(20-16-7-8-19-24(16)17)11-23-9-3-6-15(23)18-21-13-4-1-2-5-14(13)22-18/h7-8,10,15,19H,1-6,9,11H2,(H,21,22)/t15-/m1/s1. The van der Waals surface area contributed by atoms with Gasteiger partial charge in [-0.25, -0.2) is 14.5 Å². The molecule has 0 bridgehead atoms. The number of likely N-dealkylation sites (tertiary alicyclic amines) is 1. The van der Waals surface area contributed by atoms with Gasteiger partial charge in [0.25, 0.3) is 5.56 Å². The van der Waals surface area contributed by atoms with Crippen LogP contribution in [0.25, 0.3) is 5.65 Å². The van der Waals surface area contributed by atoms with E-state index >= 15 is 0 Å². The number of aryl methyl sites for hydroxylation is 2. The first-order valence-electron chi connectivity index (χ1n) is 9.16. The van der Waals surface area contributed by atoms with Gasteiger partial charge >= 0.3 is 0 Å². The predicted molar refractivity (Wildman–Crippen MR) is 93.4 cm³/mol. The van der Waals surface area contributed by atoms with Crippen molar-refractivity contribution in [3.05, 3.63) is 51.6 Å². The van der Waals surface area contributed by atoms with Gasteiger partial charge < -0.3 is 4.98 Å². The van der Waals surface area contributed by atoms with E-state index in [1.54, 1.807) is 12.3 Å². The van der Waals surface area contributed by atoms with E-state index in [9.17, 15) is 4.79 Å². The number of rotatable bonds is 3. The van der Waals surface area contributed by atoms with Crippen molar-refractivity contribution in [2.45, 2.75) is 51.1 Å². The van der Waals surface area contributed by atoms with Crippen LogP contribution in [0, 0.1) is 0 Å². The minimum atomic E-state index is -0.0609. The van der Waals surface area contributed by atoms with Crippen molar-refractivity contribution in [3.63, 3.8) is 0 Å². The molecule has 7 heteroatoms. The van der Waals surface area contributed by atoms with Crippen LogP contribution in [0.4, 0.5) is 0 Å². The first-order valence-corrected chi connectivity index (χ1v) is 9.16. The lowest BCUT2D eigenvalue weighted by Gasteiger charge is -2.22. The third-order valence-electron chi connectivity index (χ3n) is 5.45. The molecular formula is C18H22N6O. The van der Waals surface area contributed by atoms with Gasteiger partial charge in [0.15, 0.2) is 5.65 Å². The number of nitrogens with one attached hydrogen (secondary N) is 2. The molecular weight excluding hydrogens is 316 g/mol. The zero-order valence-electron chi connectivity index (χ0n) is 14.2. The molecule has 0 radical (unpaired) electrons. The van der Waals surface area contributed by atoms with Crippen LogP contribution < -0.4 is 5.56 Å². The average molecular weight is 338 g/mol. The Balaban J connectivity index is 1.42. The molecule has 1 aliphatic heterocycles. The molecule has 5 rings (SSSR count). The molecule has 130 valence electrons. The SMILES string of the molecule is O=c1cc(CN2CCC[C@@H]2c2nc3c([nH]2)CCCC3)nc2cc[nH]n12. The van der Waals surface area contributed by atoms with E-state index in [1.165, 1.54) is 28.7 Å². The van der Waals surface area contributed by atoms with E-state index in [2.05, 4.69) is 20.0 Å². The molecule has 1 fully saturated rings. The molecule has 25 heavy (non-hydrogen) atoms. The largest absolute Gasteiger partial charge is 0.344 e. The van der Waals surface area contributed by atoms with Gasteiger partial charge in [0.1, 0.15) is 5.82 Å². The molecule has 7 nitrogen and oxygen atoms in total. The Hall–Kier alpha value is -2.41. The summed E-state index contributed by atoms with van der Waals surface area (Å²) in [5.41, 5.74) is 4.03. The van der Waals surface area contributed by atoms with Crippen molar-refractivity contribution in [1.29, 1.82) is 0 Å². The lowest BCUT2D eigenvalue weighted by Crippen LogP contribution is -2.26. The first kappa shape index (κ1) is 14.9. The van der Waals surface area contributed by atoms with Gasteiger partial charge in [0.2, 0.25) is 0 Å². The number of imidazole rings is 1. The maximum absolute atomic E-state index is 12.2. The summed E-state index contributed by atoms with van der Waals surface area (Å²) < 4.78 is 1.46. The van der Waals surface area contributed by atoms with Crippen LogP contribution in [0.2, 0.25) is 0 Å². The number of hydrogen-bond donors (Lipinski definition) is 2. The number of aromatic amines is 2. The molecule has 4 heterocycles. The van der Waals surface area contributed by atoms with Crippen LogP contribution in [0.3, 0.4) is 0 Å². The highest BCUT2D eigenvalue weighted by Crippen LogP contribution is 2.33. The third kappa shape index (κ3) is 2.59. The molecule has 0 spiro atoms. The Morgan fingerprint density at radius 1 is 1.20 bits per heavy atom. The predicted octanol–water partition coefficient (Wildman–Crippen LogP) is 1.96. The van der Waals surface area contributed by atoms with Crippen LogP contribution in [-0.2, 0) is 19.4 Å². The highest BCUT2D eigenvalue weighted by atomic mass is 16.1. The fraction of sp³-hybridized carbons (Fsp3) is 0.500. The molecule has 2 N–H and O–H groups in total. The Bertz CT molecular complexity index is 944. The fourth-order valence-corrected chi connectivity index (χ4v) is 4.22. The van der Waals surface area contributed by atoms with Crippen molar-refractivity contribution < 1.29 is 0 Å². The Morgan fingerprint density at radius 3 is 3.04 bits per heavy atom. The van der Waals surface area contributed by atoms with Gasteiger partial charge in [-0.05, 0) is 45.1 Å². The van der Waals surface area contributed by atoms with Crippen LogP contribution in [0.5, 0.6) is 0 Å². The molecule has 0 aromatic carbocycles. The van der Waals surface area contributed by atoms with Crippen LogP contribution >= 0.6 is 0 Å². The Labute approximate surface area is 145 Å². The van der Waals surface area contributed by atoms with E-state index in [0.717, 1.165) is 43.7 Å². The summed E-state index contributed by atoms with van der Waals surface area (Å²) in [6.45, 7) is 1.71. The maximum Gasteiger partial charge on any atom is 0.272 e. The van der Waals surface area contributed by atoms with Gasteiger partial charge in [0.05, 0.1) is 17.4 Å². The molecule has 2 aliphatic rings. The summed E-state index contributed by atoms with van der Waals surface area (Å²) in [6, 6.07) is 3.76. The van der Waals surface area contributed by atoms with E-state index in [0.29, 0.717) is 18.2 Å². The highest BCUT2D eigenvalue weighted by Gasteiger charge is 2.30. The molecule has 1 aliphatic carbocycles. The zero-order valence-corrected chi connectivity index (χ0v) is 14.2. The van der Waals surface area contributed by atoms with E-state index < -0.39 is 0 Å². The Kier molecular flexibility index (Phi) is 3.48. The lowest BCUT2D eigenvalue weighted by molar-refractivity contribution is 0.238. The van der Waals surface area contributed by atoms with Crippen LogP contribution in [-0.4, -0.2) is 36.0 Å². The second kappa shape index (κ2) is 5.84. The summed E-state index contributed by atoms with van der Waals surface area (Å²) in [5.74, 6) is 1.10. The van der Waals surface area contributed by atoms with Gasteiger partial charge in [-0.3, -0.25) is 14.8 Å². The number of aromatic nitrogens is 5. The second-order valence-electron chi connectivity index (χ2n) is 7.12. The van der Waals surface area contributed by atoms with Crippen molar-refractivity contribution in [2.75, 3.05) is 6.54 Å². The molecule has 0 saturated carbocycles. The third-order valence-corrected chi connectivity index (χ3v) is 5.45. The van der Waals surface area contributed by atoms with Crippen LogP contribution in [0.1, 0.15) is 54.6 Å². The normalized spacial score (nSPS) is 21.0. The maximum atomic E-state index is 12.2. The molecule has 1 atom stereocenters. The van der Waals surface area contributed by atoms with Gasteiger partial charge in [0, 0.05) is 30.6 Å². The summed E-state index contributed by atoms with van der Waals surface area (Å²) in [7, 11) is 0. The topological polar surface area (TPSA) is 82.1 Å². The fourth-order valence-electron chi connectivity index (χ4n) is 4.22. The number of H-pyrrole nitrogens is 2. The van der Waals surface area contributed by atoms with Crippen LogP contribution in [0.15, 0.2) is 23.1 Å².